The molecule has 1 fully saturated rings. The lowest BCUT2D eigenvalue weighted by atomic mass is 10.1. The van der Waals surface area contributed by atoms with Gasteiger partial charge < -0.3 is 15.1 Å². The lowest BCUT2D eigenvalue weighted by Crippen LogP contribution is -2.46. The van der Waals surface area contributed by atoms with E-state index >= 15 is 0 Å². The quantitative estimate of drug-likeness (QED) is 0.682. The van der Waals surface area contributed by atoms with Crippen molar-refractivity contribution in [2.24, 2.45) is 0 Å². The normalized spacial score (nSPS) is 14.2. The molecule has 3 aromatic rings. The van der Waals surface area contributed by atoms with Gasteiger partial charge in [-0.3, -0.25) is 0 Å². The maximum absolute atomic E-state index is 6.04. The standard InChI is InChI=1S/C22H24ClN5/c23-19-6-4-5-18(17-19)9-11-24-22-25-12-10-21(26-22)28-15-13-27(14-16-28)20-7-2-1-3-8-20/h1-8,10,12,17H,9,11,13-16H2,(H,24,25,26). The van der Waals surface area contributed by atoms with Gasteiger partial charge in [0.05, 0.1) is 0 Å². The fraction of sp³-hybridized carbons (Fsp3) is 0.273. The van der Waals surface area contributed by atoms with Crippen LogP contribution in [-0.4, -0.2) is 42.7 Å². The minimum Gasteiger partial charge on any atom is -0.368 e. The molecule has 0 saturated carbocycles. The van der Waals surface area contributed by atoms with Gasteiger partial charge in [-0.15, -0.1) is 0 Å². The molecule has 2 aromatic carbocycles. The average Bonchev–Trinajstić information content (AvgIpc) is 2.75. The third-order valence-corrected chi connectivity index (χ3v) is 5.19. The summed E-state index contributed by atoms with van der Waals surface area (Å²) in [7, 11) is 0. The van der Waals surface area contributed by atoms with Gasteiger partial charge in [-0.25, -0.2) is 4.98 Å². The summed E-state index contributed by atoms with van der Waals surface area (Å²) in [5.74, 6) is 1.65. The number of para-hydroxylation sites is 1. The highest BCUT2D eigenvalue weighted by Gasteiger charge is 2.18. The van der Waals surface area contributed by atoms with Crippen molar-refractivity contribution in [3.63, 3.8) is 0 Å². The Morgan fingerprint density at radius 3 is 2.46 bits per heavy atom. The molecule has 0 bridgehead atoms. The Labute approximate surface area is 171 Å². The largest absolute Gasteiger partial charge is 0.368 e. The second kappa shape index (κ2) is 8.93. The molecule has 1 N–H and O–H groups in total. The highest BCUT2D eigenvalue weighted by Crippen LogP contribution is 2.19. The van der Waals surface area contributed by atoms with E-state index in [0.29, 0.717) is 5.95 Å². The fourth-order valence-electron chi connectivity index (χ4n) is 3.45. The number of benzene rings is 2. The van der Waals surface area contributed by atoms with E-state index in [0.717, 1.165) is 50.0 Å². The van der Waals surface area contributed by atoms with Gasteiger partial charge in [0.1, 0.15) is 5.82 Å². The van der Waals surface area contributed by atoms with Gasteiger partial charge in [0.25, 0.3) is 0 Å². The van der Waals surface area contributed by atoms with Gasteiger partial charge in [0.2, 0.25) is 5.95 Å². The number of anilines is 3. The molecule has 5 nitrogen and oxygen atoms in total. The van der Waals surface area contributed by atoms with E-state index in [-0.39, 0.29) is 0 Å². The van der Waals surface area contributed by atoms with Crippen LogP contribution in [0, 0.1) is 0 Å². The van der Waals surface area contributed by atoms with Crippen LogP contribution < -0.4 is 15.1 Å². The highest BCUT2D eigenvalue weighted by atomic mass is 35.5. The number of aromatic nitrogens is 2. The molecule has 28 heavy (non-hydrogen) atoms. The SMILES string of the molecule is Clc1cccc(CCNc2nccc(N3CCN(c4ccccc4)CC3)n2)c1. The van der Waals surface area contributed by atoms with Crippen LogP contribution in [0.2, 0.25) is 5.02 Å². The Balaban J connectivity index is 1.31. The van der Waals surface area contributed by atoms with Crippen molar-refractivity contribution < 1.29 is 0 Å². The number of nitrogens with one attached hydrogen (secondary N) is 1. The zero-order valence-electron chi connectivity index (χ0n) is 15.8. The van der Waals surface area contributed by atoms with Crippen molar-refractivity contribution >= 4 is 29.1 Å². The molecular formula is C22H24ClN5. The van der Waals surface area contributed by atoms with E-state index in [1.165, 1.54) is 11.3 Å². The molecular weight excluding hydrogens is 370 g/mol. The Hall–Kier alpha value is -2.79. The lowest BCUT2D eigenvalue weighted by molar-refractivity contribution is 0.647. The van der Waals surface area contributed by atoms with Crippen LogP contribution in [-0.2, 0) is 6.42 Å². The topological polar surface area (TPSA) is 44.3 Å². The molecule has 144 valence electrons. The van der Waals surface area contributed by atoms with Gasteiger partial charge >= 0.3 is 0 Å². The van der Waals surface area contributed by atoms with Gasteiger partial charge in [0, 0.05) is 49.6 Å². The summed E-state index contributed by atoms with van der Waals surface area (Å²) < 4.78 is 0. The number of halogens is 1. The van der Waals surface area contributed by atoms with Crippen LogP contribution in [0.15, 0.2) is 66.9 Å². The molecule has 1 aromatic heterocycles. The molecule has 1 aliphatic heterocycles. The number of hydrogen-bond acceptors (Lipinski definition) is 5. The van der Waals surface area contributed by atoms with E-state index in [1.807, 2.05) is 30.5 Å². The zero-order chi connectivity index (χ0) is 19.2. The Morgan fingerprint density at radius 1 is 0.893 bits per heavy atom. The molecule has 4 rings (SSSR count). The van der Waals surface area contributed by atoms with Crippen LogP contribution in [0.4, 0.5) is 17.5 Å². The predicted molar refractivity (Wildman–Crippen MR) is 117 cm³/mol. The summed E-state index contributed by atoms with van der Waals surface area (Å²) in [6, 6.07) is 20.5. The third-order valence-electron chi connectivity index (χ3n) is 4.95. The summed E-state index contributed by atoms with van der Waals surface area (Å²) in [6.45, 7) is 4.66. The molecule has 0 amide bonds. The first-order chi connectivity index (χ1) is 13.8. The number of hydrogen-bond donors (Lipinski definition) is 1. The van der Waals surface area contributed by atoms with Crippen LogP contribution >= 0.6 is 11.6 Å². The van der Waals surface area contributed by atoms with Gasteiger partial charge in [-0.1, -0.05) is 41.9 Å². The molecule has 0 atom stereocenters. The molecule has 2 heterocycles. The first-order valence-corrected chi connectivity index (χ1v) is 10.0. The van der Waals surface area contributed by atoms with E-state index in [1.54, 1.807) is 0 Å². The van der Waals surface area contributed by atoms with Crippen molar-refractivity contribution in [1.29, 1.82) is 0 Å². The number of piperazine rings is 1. The maximum Gasteiger partial charge on any atom is 0.224 e. The van der Waals surface area contributed by atoms with Crippen LogP contribution in [0.25, 0.3) is 0 Å². The molecule has 1 aliphatic rings. The van der Waals surface area contributed by atoms with Crippen molar-refractivity contribution in [3.8, 4) is 0 Å². The summed E-state index contributed by atoms with van der Waals surface area (Å²) in [5, 5.41) is 4.09. The Bertz CT molecular complexity index is 894. The summed E-state index contributed by atoms with van der Waals surface area (Å²) in [6.07, 6.45) is 2.71. The molecule has 6 heteroatoms. The monoisotopic (exact) mass is 393 g/mol. The van der Waals surface area contributed by atoms with E-state index in [2.05, 4.69) is 56.5 Å². The van der Waals surface area contributed by atoms with Crippen molar-refractivity contribution in [2.75, 3.05) is 47.8 Å². The van der Waals surface area contributed by atoms with Gasteiger partial charge in [-0.05, 0) is 42.3 Å². The average molecular weight is 394 g/mol. The van der Waals surface area contributed by atoms with Gasteiger partial charge in [0.15, 0.2) is 0 Å². The molecule has 0 aliphatic carbocycles. The second-order valence-corrected chi connectivity index (χ2v) is 7.29. The maximum atomic E-state index is 6.04. The van der Waals surface area contributed by atoms with Gasteiger partial charge in [-0.2, -0.15) is 4.98 Å². The minimum absolute atomic E-state index is 0.671. The van der Waals surface area contributed by atoms with E-state index < -0.39 is 0 Å². The summed E-state index contributed by atoms with van der Waals surface area (Å²) in [5.41, 5.74) is 2.49. The number of rotatable bonds is 6. The third kappa shape index (κ3) is 4.73. The van der Waals surface area contributed by atoms with Crippen molar-refractivity contribution in [3.05, 3.63) is 77.4 Å². The first-order valence-electron chi connectivity index (χ1n) is 9.64. The smallest absolute Gasteiger partial charge is 0.224 e. The predicted octanol–water partition coefficient (Wildman–Crippen LogP) is 4.11. The van der Waals surface area contributed by atoms with Crippen molar-refractivity contribution in [2.45, 2.75) is 6.42 Å². The summed E-state index contributed by atoms with van der Waals surface area (Å²) in [4.78, 5) is 13.8. The van der Waals surface area contributed by atoms with E-state index in [4.69, 9.17) is 16.6 Å². The highest BCUT2D eigenvalue weighted by molar-refractivity contribution is 6.30. The van der Waals surface area contributed by atoms with E-state index in [9.17, 15) is 0 Å². The van der Waals surface area contributed by atoms with Crippen LogP contribution in [0.3, 0.4) is 0 Å². The fourth-order valence-corrected chi connectivity index (χ4v) is 3.67. The van der Waals surface area contributed by atoms with Crippen molar-refractivity contribution in [1.82, 2.24) is 9.97 Å². The minimum atomic E-state index is 0.671. The molecule has 0 radical (unpaired) electrons. The van der Waals surface area contributed by atoms with Crippen LogP contribution in [0.1, 0.15) is 5.56 Å². The molecule has 1 saturated heterocycles. The Kier molecular flexibility index (Phi) is 5.92. The van der Waals surface area contributed by atoms with Crippen LogP contribution in [0.5, 0.6) is 0 Å². The second-order valence-electron chi connectivity index (χ2n) is 6.85. The Morgan fingerprint density at radius 2 is 1.68 bits per heavy atom. The summed E-state index contributed by atoms with van der Waals surface area (Å²) >= 11 is 6.04. The molecule has 0 spiro atoms. The zero-order valence-corrected chi connectivity index (χ0v) is 16.5. The number of nitrogens with zero attached hydrogens (tertiary/aromatic N) is 4. The molecule has 0 unspecified atom stereocenters. The lowest BCUT2D eigenvalue weighted by Gasteiger charge is -2.36. The first kappa shape index (κ1) is 18.6.